The zero-order valence-electron chi connectivity index (χ0n) is 10.9. The van der Waals surface area contributed by atoms with Crippen LogP contribution in [0.4, 0.5) is 0 Å². The molecule has 0 saturated carbocycles. The van der Waals surface area contributed by atoms with Crippen LogP contribution in [-0.2, 0) is 4.79 Å². The molecule has 2 aromatic heterocycles. The smallest absolute Gasteiger partial charge is 0.326 e. The number of pyridine rings is 1. The summed E-state index contributed by atoms with van der Waals surface area (Å²) in [5.41, 5.74) is 0.620. The maximum Gasteiger partial charge on any atom is 0.326 e. The Hall–Kier alpha value is -2.24. The summed E-state index contributed by atoms with van der Waals surface area (Å²) in [6.07, 6.45) is 3.62. The van der Waals surface area contributed by atoms with E-state index in [0.717, 1.165) is 0 Å². The fourth-order valence-electron chi connectivity index (χ4n) is 1.93. The first-order valence-electron chi connectivity index (χ1n) is 6.13. The monoisotopic (exact) mass is 260 g/mol. The lowest BCUT2D eigenvalue weighted by Crippen LogP contribution is -2.21. The van der Waals surface area contributed by atoms with E-state index < -0.39 is 12.0 Å². The summed E-state index contributed by atoms with van der Waals surface area (Å²) in [6.45, 7) is 3.97. The van der Waals surface area contributed by atoms with Crippen molar-refractivity contribution in [3.63, 3.8) is 0 Å². The first-order valence-corrected chi connectivity index (χ1v) is 6.13. The highest BCUT2D eigenvalue weighted by Gasteiger charge is 2.24. The van der Waals surface area contributed by atoms with E-state index in [1.54, 1.807) is 22.9 Å². The second-order valence-corrected chi connectivity index (χ2v) is 4.76. The molecule has 100 valence electrons. The maximum absolute atomic E-state index is 11.4. The van der Waals surface area contributed by atoms with Gasteiger partial charge in [-0.05, 0) is 24.5 Å². The van der Waals surface area contributed by atoms with Crippen molar-refractivity contribution in [3.05, 3.63) is 30.7 Å². The predicted octanol–water partition coefficient (Wildman–Crippen LogP) is 2.01. The molecule has 1 unspecified atom stereocenters. The van der Waals surface area contributed by atoms with Crippen LogP contribution in [0.25, 0.3) is 11.5 Å². The first kappa shape index (κ1) is 13.2. The standard InChI is InChI=1S/C13H16N4O2/c1-9(2)7-11(13(18)19)17-8-15-16-12(17)10-5-3-4-6-14-10/h3-6,8-9,11H,7H2,1-2H3,(H,18,19). The molecule has 0 bridgehead atoms. The molecule has 2 rings (SSSR count). The Morgan fingerprint density at radius 3 is 2.79 bits per heavy atom. The number of hydrogen-bond acceptors (Lipinski definition) is 4. The van der Waals surface area contributed by atoms with Crippen LogP contribution in [0, 0.1) is 5.92 Å². The maximum atomic E-state index is 11.4. The van der Waals surface area contributed by atoms with Crippen molar-refractivity contribution in [2.75, 3.05) is 0 Å². The van der Waals surface area contributed by atoms with E-state index in [9.17, 15) is 9.90 Å². The molecule has 0 aliphatic heterocycles. The average Bonchev–Trinajstić information content (AvgIpc) is 2.85. The largest absolute Gasteiger partial charge is 0.480 e. The van der Waals surface area contributed by atoms with Crippen molar-refractivity contribution < 1.29 is 9.90 Å². The van der Waals surface area contributed by atoms with Gasteiger partial charge in [-0.3, -0.25) is 9.55 Å². The molecule has 1 N–H and O–H groups in total. The van der Waals surface area contributed by atoms with Crippen molar-refractivity contribution in [1.29, 1.82) is 0 Å². The van der Waals surface area contributed by atoms with Crippen LogP contribution >= 0.6 is 0 Å². The molecule has 0 aliphatic carbocycles. The van der Waals surface area contributed by atoms with Crippen molar-refractivity contribution in [2.24, 2.45) is 5.92 Å². The summed E-state index contributed by atoms with van der Waals surface area (Å²) >= 11 is 0. The predicted molar refractivity (Wildman–Crippen MR) is 69.4 cm³/mol. The van der Waals surface area contributed by atoms with Crippen LogP contribution in [0.5, 0.6) is 0 Å². The second-order valence-electron chi connectivity index (χ2n) is 4.76. The molecule has 0 radical (unpaired) electrons. The van der Waals surface area contributed by atoms with Gasteiger partial charge in [-0.25, -0.2) is 4.79 Å². The van der Waals surface area contributed by atoms with Gasteiger partial charge in [-0.15, -0.1) is 10.2 Å². The number of rotatable bonds is 5. The van der Waals surface area contributed by atoms with E-state index in [4.69, 9.17) is 0 Å². The molecule has 1 atom stereocenters. The Kier molecular flexibility index (Phi) is 3.89. The number of carboxylic acid groups (broad SMARTS) is 1. The lowest BCUT2D eigenvalue weighted by Gasteiger charge is -2.17. The molecule has 0 aliphatic rings. The molecular weight excluding hydrogens is 244 g/mol. The second kappa shape index (κ2) is 5.60. The zero-order valence-corrected chi connectivity index (χ0v) is 10.9. The third kappa shape index (κ3) is 2.96. The van der Waals surface area contributed by atoms with Crippen LogP contribution < -0.4 is 0 Å². The number of carboxylic acids is 1. The summed E-state index contributed by atoms with van der Waals surface area (Å²) in [5.74, 6) is -0.139. The van der Waals surface area contributed by atoms with Gasteiger partial charge in [0.25, 0.3) is 0 Å². The minimum absolute atomic E-state index is 0.264. The Balaban J connectivity index is 2.40. The van der Waals surface area contributed by atoms with Gasteiger partial charge in [-0.1, -0.05) is 19.9 Å². The lowest BCUT2D eigenvalue weighted by atomic mass is 10.0. The molecule has 2 aromatic rings. The molecule has 0 amide bonds. The normalized spacial score (nSPS) is 12.6. The molecule has 0 saturated heterocycles. The summed E-state index contributed by atoms with van der Waals surface area (Å²) in [7, 11) is 0. The van der Waals surface area contributed by atoms with Crippen LogP contribution in [0.15, 0.2) is 30.7 Å². The molecular formula is C13H16N4O2. The van der Waals surface area contributed by atoms with Crippen molar-refractivity contribution >= 4 is 5.97 Å². The van der Waals surface area contributed by atoms with Gasteiger partial charge in [0.2, 0.25) is 0 Å². The topological polar surface area (TPSA) is 80.9 Å². The fraction of sp³-hybridized carbons (Fsp3) is 0.385. The molecule has 2 heterocycles. The van der Waals surface area contributed by atoms with Gasteiger partial charge >= 0.3 is 5.97 Å². The van der Waals surface area contributed by atoms with E-state index in [2.05, 4.69) is 15.2 Å². The Morgan fingerprint density at radius 2 is 2.21 bits per heavy atom. The van der Waals surface area contributed by atoms with Crippen molar-refractivity contribution in [3.8, 4) is 11.5 Å². The van der Waals surface area contributed by atoms with Crippen LogP contribution in [0.3, 0.4) is 0 Å². The highest BCUT2D eigenvalue weighted by atomic mass is 16.4. The highest BCUT2D eigenvalue weighted by molar-refractivity contribution is 5.72. The number of carbonyl (C=O) groups is 1. The molecule has 0 spiro atoms. The van der Waals surface area contributed by atoms with Crippen LogP contribution in [0.1, 0.15) is 26.3 Å². The van der Waals surface area contributed by atoms with Gasteiger partial charge in [0.05, 0.1) is 0 Å². The molecule has 0 fully saturated rings. The van der Waals surface area contributed by atoms with E-state index >= 15 is 0 Å². The van der Waals surface area contributed by atoms with Gasteiger partial charge in [0.1, 0.15) is 18.1 Å². The average molecular weight is 260 g/mol. The van der Waals surface area contributed by atoms with Crippen LogP contribution in [0.2, 0.25) is 0 Å². The van der Waals surface area contributed by atoms with E-state index in [0.29, 0.717) is 17.9 Å². The van der Waals surface area contributed by atoms with Gasteiger partial charge in [-0.2, -0.15) is 0 Å². The molecule has 6 nitrogen and oxygen atoms in total. The first-order chi connectivity index (χ1) is 9.09. The fourth-order valence-corrected chi connectivity index (χ4v) is 1.93. The molecule has 19 heavy (non-hydrogen) atoms. The Labute approximate surface area is 111 Å². The molecule has 0 aromatic carbocycles. The summed E-state index contributed by atoms with van der Waals surface area (Å²) in [6, 6.07) is 4.74. The Bertz CT molecular complexity index is 551. The lowest BCUT2D eigenvalue weighted by molar-refractivity contribution is -0.141. The van der Waals surface area contributed by atoms with Crippen molar-refractivity contribution in [1.82, 2.24) is 19.7 Å². The number of aromatic nitrogens is 4. The van der Waals surface area contributed by atoms with E-state index in [1.807, 2.05) is 19.9 Å². The zero-order chi connectivity index (χ0) is 13.8. The minimum atomic E-state index is -0.884. The van der Waals surface area contributed by atoms with Crippen molar-refractivity contribution in [2.45, 2.75) is 26.3 Å². The quantitative estimate of drug-likeness (QED) is 0.889. The van der Waals surface area contributed by atoms with E-state index in [1.165, 1.54) is 6.33 Å². The summed E-state index contributed by atoms with van der Waals surface area (Å²) < 4.78 is 1.57. The summed E-state index contributed by atoms with van der Waals surface area (Å²) in [5, 5.41) is 17.2. The number of hydrogen-bond donors (Lipinski definition) is 1. The minimum Gasteiger partial charge on any atom is -0.480 e. The third-order valence-corrected chi connectivity index (χ3v) is 2.78. The molecule has 6 heteroatoms. The van der Waals surface area contributed by atoms with Gasteiger partial charge in [0.15, 0.2) is 5.82 Å². The van der Waals surface area contributed by atoms with Gasteiger partial charge < -0.3 is 5.11 Å². The van der Waals surface area contributed by atoms with E-state index in [-0.39, 0.29) is 5.92 Å². The number of aliphatic carboxylic acids is 1. The van der Waals surface area contributed by atoms with Gasteiger partial charge in [0, 0.05) is 6.20 Å². The third-order valence-electron chi connectivity index (χ3n) is 2.78. The highest BCUT2D eigenvalue weighted by Crippen LogP contribution is 2.23. The number of nitrogens with zero attached hydrogens (tertiary/aromatic N) is 4. The SMILES string of the molecule is CC(C)CC(C(=O)O)n1cnnc1-c1ccccn1. The summed E-state index contributed by atoms with van der Waals surface area (Å²) in [4.78, 5) is 15.6. The van der Waals surface area contributed by atoms with Crippen LogP contribution in [-0.4, -0.2) is 30.8 Å². The Morgan fingerprint density at radius 1 is 1.42 bits per heavy atom.